The lowest BCUT2D eigenvalue weighted by atomic mass is 9.93. The van der Waals surface area contributed by atoms with Crippen LogP contribution in [0, 0.1) is 12.8 Å². The molecule has 1 rings (SSSR count). The van der Waals surface area contributed by atoms with Crippen LogP contribution in [-0.2, 0) is 0 Å². The molecule has 0 spiro atoms. The molecule has 0 aliphatic rings. The van der Waals surface area contributed by atoms with Crippen molar-refractivity contribution in [2.24, 2.45) is 11.7 Å². The maximum Gasteiger partial charge on any atom is 0.0670 e. The second-order valence-corrected chi connectivity index (χ2v) is 3.56. The average molecular weight is 167 g/mol. The summed E-state index contributed by atoms with van der Waals surface area (Å²) in [7, 11) is 0. The van der Waals surface area contributed by atoms with E-state index in [1.165, 1.54) is 0 Å². The van der Waals surface area contributed by atoms with Crippen molar-refractivity contribution in [1.29, 1.82) is 0 Å². The fourth-order valence-electron chi connectivity index (χ4n) is 1.36. The number of hydrogen-bond donors (Lipinski definition) is 2. The summed E-state index contributed by atoms with van der Waals surface area (Å²) in [4.78, 5) is 0. The number of H-pyrrole nitrogens is 1. The summed E-state index contributed by atoms with van der Waals surface area (Å²) in [6.45, 7) is 7.01. The van der Waals surface area contributed by atoms with Crippen molar-refractivity contribution in [3.63, 3.8) is 0 Å². The summed E-state index contributed by atoms with van der Waals surface area (Å²) in [5.41, 5.74) is 7.85. The van der Waals surface area contributed by atoms with E-state index in [2.05, 4.69) is 30.1 Å². The van der Waals surface area contributed by atoms with Gasteiger partial charge in [0.05, 0.1) is 5.69 Å². The molecular formula is C9H17N3. The Bertz CT molecular complexity index is 240. The van der Waals surface area contributed by atoms with E-state index in [0.29, 0.717) is 18.4 Å². The van der Waals surface area contributed by atoms with E-state index < -0.39 is 0 Å². The van der Waals surface area contributed by atoms with Crippen LogP contribution in [0.5, 0.6) is 0 Å². The SMILES string of the molecule is Cc1cc(C(CN)C(C)C)n[nH]1. The Balaban J connectivity index is 2.80. The topological polar surface area (TPSA) is 54.7 Å². The van der Waals surface area contributed by atoms with Crippen molar-refractivity contribution in [2.75, 3.05) is 6.54 Å². The zero-order valence-corrected chi connectivity index (χ0v) is 7.96. The Hall–Kier alpha value is -0.830. The first-order chi connectivity index (χ1) is 5.65. The van der Waals surface area contributed by atoms with Crippen molar-refractivity contribution in [3.05, 3.63) is 17.5 Å². The molecule has 1 unspecified atom stereocenters. The zero-order chi connectivity index (χ0) is 9.14. The van der Waals surface area contributed by atoms with Gasteiger partial charge in [-0.05, 0) is 18.9 Å². The average Bonchev–Trinajstić information content (AvgIpc) is 2.37. The fourth-order valence-corrected chi connectivity index (χ4v) is 1.36. The largest absolute Gasteiger partial charge is 0.330 e. The van der Waals surface area contributed by atoms with E-state index in [1.807, 2.05) is 6.92 Å². The van der Waals surface area contributed by atoms with Gasteiger partial charge in [0.1, 0.15) is 0 Å². The van der Waals surface area contributed by atoms with E-state index in [4.69, 9.17) is 5.73 Å². The minimum atomic E-state index is 0.384. The molecule has 0 saturated heterocycles. The Morgan fingerprint density at radius 3 is 2.58 bits per heavy atom. The van der Waals surface area contributed by atoms with Crippen LogP contribution in [0.15, 0.2) is 6.07 Å². The van der Waals surface area contributed by atoms with Crippen LogP contribution in [0.2, 0.25) is 0 Å². The molecule has 0 bridgehead atoms. The lowest BCUT2D eigenvalue weighted by Crippen LogP contribution is -2.18. The molecule has 12 heavy (non-hydrogen) atoms. The van der Waals surface area contributed by atoms with E-state index >= 15 is 0 Å². The molecule has 1 atom stereocenters. The van der Waals surface area contributed by atoms with Gasteiger partial charge in [-0.2, -0.15) is 5.10 Å². The van der Waals surface area contributed by atoms with Crippen LogP contribution in [0.4, 0.5) is 0 Å². The third-order valence-electron chi connectivity index (χ3n) is 2.16. The number of aryl methyl sites for hydroxylation is 1. The second kappa shape index (κ2) is 3.72. The summed E-state index contributed by atoms with van der Waals surface area (Å²) in [5.74, 6) is 0.938. The summed E-state index contributed by atoms with van der Waals surface area (Å²) in [6.07, 6.45) is 0. The highest BCUT2D eigenvalue weighted by molar-refractivity contribution is 5.12. The van der Waals surface area contributed by atoms with Gasteiger partial charge in [-0.15, -0.1) is 0 Å². The van der Waals surface area contributed by atoms with Gasteiger partial charge in [0, 0.05) is 18.2 Å². The van der Waals surface area contributed by atoms with Crippen LogP contribution in [-0.4, -0.2) is 16.7 Å². The molecular weight excluding hydrogens is 150 g/mol. The molecule has 0 radical (unpaired) electrons. The number of hydrogen-bond acceptors (Lipinski definition) is 2. The highest BCUT2D eigenvalue weighted by Crippen LogP contribution is 2.21. The second-order valence-electron chi connectivity index (χ2n) is 3.56. The fraction of sp³-hybridized carbons (Fsp3) is 0.667. The van der Waals surface area contributed by atoms with Crippen LogP contribution in [0.25, 0.3) is 0 Å². The monoisotopic (exact) mass is 167 g/mol. The van der Waals surface area contributed by atoms with E-state index in [0.717, 1.165) is 11.4 Å². The normalized spacial score (nSPS) is 13.8. The highest BCUT2D eigenvalue weighted by Gasteiger charge is 2.16. The van der Waals surface area contributed by atoms with Gasteiger partial charge in [-0.25, -0.2) is 0 Å². The molecule has 3 heteroatoms. The first-order valence-corrected chi connectivity index (χ1v) is 4.37. The highest BCUT2D eigenvalue weighted by atomic mass is 15.1. The molecule has 0 aliphatic carbocycles. The summed E-state index contributed by atoms with van der Waals surface area (Å²) >= 11 is 0. The van der Waals surface area contributed by atoms with E-state index in [-0.39, 0.29) is 0 Å². The number of aromatic amines is 1. The molecule has 0 aromatic carbocycles. The van der Waals surface area contributed by atoms with Gasteiger partial charge in [-0.3, -0.25) is 5.10 Å². The summed E-state index contributed by atoms with van der Waals surface area (Å²) in [5, 5.41) is 7.14. The van der Waals surface area contributed by atoms with Gasteiger partial charge < -0.3 is 5.73 Å². The molecule has 1 aromatic heterocycles. The van der Waals surface area contributed by atoms with Gasteiger partial charge in [-0.1, -0.05) is 13.8 Å². The molecule has 1 heterocycles. The van der Waals surface area contributed by atoms with Gasteiger partial charge >= 0.3 is 0 Å². The number of nitrogens with two attached hydrogens (primary N) is 1. The van der Waals surface area contributed by atoms with E-state index in [9.17, 15) is 0 Å². The van der Waals surface area contributed by atoms with Gasteiger partial charge in [0.2, 0.25) is 0 Å². The van der Waals surface area contributed by atoms with Crippen LogP contribution >= 0.6 is 0 Å². The van der Waals surface area contributed by atoms with Crippen molar-refractivity contribution < 1.29 is 0 Å². The quantitative estimate of drug-likeness (QED) is 0.715. The Kier molecular flexibility index (Phi) is 2.87. The lowest BCUT2D eigenvalue weighted by molar-refractivity contribution is 0.495. The number of nitrogens with one attached hydrogen (secondary N) is 1. The minimum absolute atomic E-state index is 0.384. The molecule has 1 aromatic rings. The first kappa shape index (κ1) is 9.26. The minimum Gasteiger partial charge on any atom is -0.330 e. The third-order valence-corrected chi connectivity index (χ3v) is 2.16. The summed E-state index contributed by atoms with van der Waals surface area (Å²) < 4.78 is 0. The molecule has 0 aliphatic heterocycles. The molecule has 3 N–H and O–H groups in total. The Morgan fingerprint density at radius 1 is 1.58 bits per heavy atom. The standard InChI is InChI=1S/C9H17N3/c1-6(2)8(5-10)9-4-7(3)11-12-9/h4,6,8H,5,10H2,1-3H3,(H,11,12). The van der Waals surface area contributed by atoms with E-state index in [1.54, 1.807) is 0 Å². The molecule has 0 fully saturated rings. The summed E-state index contributed by atoms with van der Waals surface area (Å²) in [6, 6.07) is 2.07. The number of aromatic nitrogens is 2. The third kappa shape index (κ3) is 1.85. The molecule has 0 amide bonds. The predicted octanol–water partition coefficient (Wildman–Crippen LogP) is 1.42. The first-order valence-electron chi connectivity index (χ1n) is 4.37. The van der Waals surface area contributed by atoms with Crippen molar-refractivity contribution in [2.45, 2.75) is 26.7 Å². The number of rotatable bonds is 3. The van der Waals surface area contributed by atoms with Crippen molar-refractivity contribution in [3.8, 4) is 0 Å². The van der Waals surface area contributed by atoms with Crippen molar-refractivity contribution in [1.82, 2.24) is 10.2 Å². The van der Waals surface area contributed by atoms with Gasteiger partial charge in [0.25, 0.3) is 0 Å². The molecule has 68 valence electrons. The van der Waals surface area contributed by atoms with Crippen LogP contribution in [0.3, 0.4) is 0 Å². The maximum absolute atomic E-state index is 5.66. The van der Waals surface area contributed by atoms with Crippen molar-refractivity contribution >= 4 is 0 Å². The van der Waals surface area contributed by atoms with Crippen LogP contribution in [0.1, 0.15) is 31.2 Å². The maximum atomic E-state index is 5.66. The zero-order valence-electron chi connectivity index (χ0n) is 7.96. The number of nitrogens with zero attached hydrogens (tertiary/aromatic N) is 1. The Labute approximate surface area is 73.4 Å². The molecule has 3 nitrogen and oxygen atoms in total. The molecule has 0 saturated carbocycles. The Morgan fingerprint density at radius 2 is 2.25 bits per heavy atom. The van der Waals surface area contributed by atoms with Crippen LogP contribution < -0.4 is 5.73 Å². The van der Waals surface area contributed by atoms with Gasteiger partial charge in [0.15, 0.2) is 0 Å². The smallest absolute Gasteiger partial charge is 0.0670 e. The predicted molar refractivity (Wildman–Crippen MR) is 50.0 cm³/mol. The lowest BCUT2D eigenvalue weighted by Gasteiger charge is -2.15.